The molecule has 1 aromatic heterocycles. The first kappa shape index (κ1) is 17.8. The molecule has 8 heteroatoms. The number of anilines is 2. The normalized spacial score (nSPS) is 19.0. The zero-order valence-corrected chi connectivity index (χ0v) is 14.8. The summed E-state index contributed by atoms with van der Waals surface area (Å²) in [7, 11) is -4.15. The van der Waals surface area contributed by atoms with Crippen molar-refractivity contribution in [2.24, 2.45) is 11.8 Å². The van der Waals surface area contributed by atoms with E-state index < -0.39 is 21.1 Å². The lowest BCUT2D eigenvalue weighted by atomic mass is 10.1. The van der Waals surface area contributed by atoms with Gasteiger partial charge in [-0.3, -0.25) is 19.3 Å². The molecular formula is C17H23N3O4S. The van der Waals surface area contributed by atoms with Gasteiger partial charge in [-0.25, -0.2) is 0 Å². The van der Waals surface area contributed by atoms with E-state index in [0.29, 0.717) is 18.5 Å². The van der Waals surface area contributed by atoms with Crippen LogP contribution in [0.3, 0.4) is 0 Å². The Morgan fingerprint density at radius 3 is 2.20 bits per heavy atom. The predicted octanol–water partition coefficient (Wildman–Crippen LogP) is 2.67. The molecule has 25 heavy (non-hydrogen) atoms. The fourth-order valence-corrected chi connectivity index (χ4v) is 4.81. The van der Waals surface area contributed by atoms with E-state index in [4.69, 9.17) is 0 Å². The van der Waals surface area contributed by atoms with Gasteiger partial charge in [-0.1, -0.05) is 25.7 Å². The maximum atomic E-state index is 12.4. The first-order valence-electron chi connectivity index (χ1n) is 8.79. The number of sulfonamides is 1. The van der Waals surface area contributed by atoms with Crippen molar-refractivity contribution in [2.45, 2.75) is 51.4 Å². The van der Waals surface area contributed by atoms with Crippen molar-refractivity contribution >= 4 is 32.4 Å². The van der Waals surface area contributed by atoms with Gasteiger partial charge < -0.3 is 5.32 Å². The maximum Gasteiger partial charge on any atom is 0.296 e. The topological polar surface area (TPSA) is 105 Å². The van der Waals surface area contributed by atoms with Crippen molar-refractivity contribution in [2.75, 3.05) is 10.0 Å². The van der Waals surface area contributed by atoms with Crippen LogP contribution >= 0.6 is 0 Å². The third-order valence-corrected chi connectivity index (χ3v) is 6.35. The zero-order chi connectivity index (χ0) is 17.9. The predicted molar refractivity (Wildman–Crippen MR) is 94.3 cm³/mol. The highest BCUT2D eigenvalue weighted by molar-refractivity contribution is 8.07. The molecule has 0 spiro atoms. The summed E-state index contributed by atoms with van der Waals surface area (Å²) in [6.45, 7) is 0. The number of aromatic nitrogens is 1. The van der Waals surface area contributed by atoms with E-state index in [1.807, 2.05) is 0 Å². The van der Waals surface area contributed by atoms with Crippen LogP contribution in [-0.4, -0.2) is 24.4 Å². The van der Waals surface area contributed by atoms with Crippen LogP contribution in [0.1, 0.15) is 51.4 Å². The molecule has 1 amide bonds. The monoisotopic (exact) mass is 365 g/mol. The summed E-state index contributed by atoms with van der Waals surface area (Å²) in [5.74, 6) is -0.602. The summed E-state index contributed by atoms with van der Waals surface area (Å²) >= 11 is 0. The average Bonchev–Trinajstić information content (AvgIpc) is 3.29. The van der Waals surface area contributed by atoms with Crippen LogP contribution in [0.5, 0.6) is 0 Å². The van der Waals surface area contributed by atoms with E-state index in [2.05, 4.69) is 15.0 Å². The van der Waals surface area contributed by atoms with Crippen molar-refractivity contribution in [3.05, 3.63) is 18.5 Å². The van der Waals surface area contributed by atoms with Crippen molar-refractivity contribution in [1.82, 2.24) is 4.98 Å². The minimum Gasteiger partial charge on any atom is -0.324 e. The van der Waals surface area contributed by atoms with Crippen LogP contribution in [-0.2, 0) is 19.6 Å². The summed E-state index contributed by atoms with van der Waals surface area (Å²) in [6, 6.07) is 1.53. The average molecular weight is 365 g/mol. The Morgan fingerprint density at radius 2 is 1.56 bits per heavy atom. The Balaban J connectivity index is 1.73. The second kappa shape index (κ2) is 7.51. The zero-order valence-electron chi connectivity index (χ0n) is 14.0. The van der Waals surface area contributed by atoms with Crippen LogP contribution < -0.4 is 10.0 Å². The minimum atomic E-state index is -4.15. The number of amides is 1. The molecule has 2 aliphatic carbocycles. The molecule has 0 atom stereocenters. The first-order chi connectivity index (χ1) is 12.0. The molecule has 1 heterocycles. The lowest BCUT2D eigenvalue weighted by Gasteiger charge is -2.15. The molecule has 3 rings (SSSR count). The van der Waals surface area contributed by atoms with Crippen molar-refractivity contribution in [3.8, 4) is 0 Å². The molecule has 2 fully saturated rings. The van der Waals surface area contributed by atoms with Gasteiger partial charge in [0.05, 0.1) is 17.6 Å². The summed E-state index contributed by atoms with van der Waals surface area (Å²) in [6.07, 6.45) is 9.51. The molecule has 0 aliphatic heterocycles. The number of nitrogens with zero attached hydrogens (tertiary/aromatic N) is 1. The van der Waals surface area contributed by atoms with Gasteiger partial charge in [0.1, 0.15) is 0 Å². The van der Waals surface area contributed by atoms with E-state index in [1.54, 1.807) is 0 Å². The lowest BCUT2D eigenvalue weighted by molar-refractivity contribution is -0.119. The molecule has 1 aromatic rings. The van der Waals surface area contributed by atoms with E-state index in [9.17, 15) is 18.0 Å². The number of hydrogen-bond acceptors (Lipinski definition) is 5. The fraction of sp³-hybridized carbons (Fsp3) is 0.588. The summed E-state index contributed by atoms with van der Waals surface area (Å²) in [5.41, 5.74) is 0.454. The molecule has 2 aliphatic rings. The Labute approximate surface area is 147 Å². The van der Waals surface area contributed by atoms with Gasteiger partial charge in [-0.2, -0.15) is 8.42 Å². The number of nitrogens with one attached hydrogen (secondary N) is 2. The maximum absolute atomic E-state index is 12.4. The van der Waals surface area contributed by atoms with Gasteiger partial charge in [0.15, 0.2) is 0 Å². The second-order valence-corrected chi connectivity index (χ2v) is 8.41. The third-order valence-electron chi connectivity index (χ3n) is 5.00. The Kier molecular flexibility index (Phi) is 5.36. The highest BCUT2D eigenvalue weighted by atomic mass is 32.2. The van der Waals surface area contributed by atoms with Gasteiger partial charge in [-0.15, -0.1) is 0 Å². The van der Waals surface area contributed by atoms with Gasteiger partial charge in [0, 0.05) is 18.0 Å². The fourth-order valence-electron chi connectivity index (χ4n) is 3.58. The number of carbonyl (C=O) groups excluding carboxylic acids is 2. The summed E-state index contributed by atoms with van der Waals surface area (Å²) in [5, 5.41) is 1.99. The van der Waals surface area contributed by atoms with Crippen LogP contribution in [0.2, 0.25) is 0 Å². The molecule has 2 N–H and O–H groups in total. The number of rotatable bonds is 5. The Hall–Kier alpha value is -1.96. The molecular weight excluding hydrogens is 342 g/mol. The highest BCUT2D eigenvalue weighted by Crippen LogP contribution is 2.30. The molecule has 7 nitrogen and oxygen atoms in total. The number of pyridine rings is 1. The van der Waals surface area contributed by atoms with Gasteiger partial charge in [0.2, 0.25) is 5.91 Å². The minimum absolute atomic E-state index is 0.0438. The molecule has 0 unspecified atom stereocenters. The van der Waals surface area contributed by atoms with Crippen LogP contribution in [0.4, 0.5) is 11.4 Å². The van der Waals surface area contributed by atoms with Crippen LogP contribution in [0, 0.1) is 11.8 Å². The summed E-state index contributed by atoms with van der Waals surface area (Å²) < 4.78 is 27.1. The van der Waals surface area contributed by atoms with Crippen molar-refractivity contribution in [1.29, 1.82) is 0 Å². The third kappa shape index (κ3) is 4.18. The second-order valence-electron chi connectivity index (χ2n) is 6.80. The highest BCUT2D eigenvalue weighted by Gasteiger charge is 2.33. The smallest absolute Gasteiger partial charge is 0.296 e. The van der Waals surface area contributed by atoms with Crippen molar-refractivity contribution < 1.29 is 18.0 Å². The molecule has 0 aromatic carbocycles. The Bertz CT molecular complexity index is 751. The van der Waals surface area contributed by atoms with E-state index >= 15 is 0 Å². The van der Waals surface area contributed by atoms with Gasteiger partial charge in [0.25, 0.3) is 15.1 Å². The molecule has 0 saturated heterocycles. The Morgan fingerprint density at radius 1 is 0.960 bits per heavy atom. The quantitative estimate of drug-likeness (QED) is 0.834. The van der Waals surface area contributed by atoms with E-state index in [1.165, 1.54) is 18.5 Å². The van der Waals surface area contributed by atoms with Crippen LogP contribution in [0.15, 0.2) is 18.5 Å². The van der Waals surface area contributed by atoms with E-state index in [-0.39, 0.29) is 17.5 Å². The number of hydrogen-bond donors (Lipinski definition) is 2. The molecule has 0 radical (unpaired) electrons. The lowest BCUT2D eigenvalue weighted by Crippen LogP contribution is -2.29. The largest absolute Gasteiger partial charge is 0.324 e. The molecule has 0 bridgehead atoms. The standard InChI is InChI=1S/C17H23N3O4S/c21-16(12-5-1-2-6-12)19-14-9-10-18-11-15(14)20-25(23,24)17(22)13-7-3-4-8-13/h9-13,20H,1-8H2,(H,18,19,21). The molecule has 2 saturated carbocycles. The van der Waals surface area contributed by atoms with Crippen LogP contribution in [0.25, 0.3) is 0 Å². The van der Waals surface area contributed by atoms with Gasteiger partial charge in [-0.05, 0) is 31.7 Å². The van der Waals surface area contributed by atoms with Gasteiger partial charge >= 0.3 is 0 Å². The summed E-state index contributed by atoms with van der Waals surface area (Å²) in [4.78, 5) is 28.5. The first-order valence-corrected chi connectivity index (χ1v) is 10.3. The number of carbonyl (C=O) groups is 2. The van der Waals surface area contributed by atoms with Crippen molar-refractivity contribution in [3.63, 3.8) is 0 Å². The molecule has 136 valence electrons. The van der Waals surface area contributed by atoms with E-state index in [0.717, 1.165) is 38.5 Å². The SMILES string of the molecule is O=C(Nc1ccncc1NS(=O)(=O)C(=O)C1CCCC1)C1CCCC1.